The molecule has 0 radical (unpaired) electrons. The molecule has 2 rings (SSSR count). The van der Waals surface area contributed by atoms with Crippen molar-refractivity contribution in [2.75, 3.05) is 13.1 Å². The summed E-state index contributed by atoms with van der Waals surface area (Å²) in [6, 6.07) is 0.747. The van der Waals surface area contributed by atoms with Crippen molar-refractivity contribution < 1.29 is 0 Å². The molecule has 0 aromatic rings. The quantitative estimate of drug-likeness (QED) is 0.415. The number of unbranched alkanes of at least 4 members (excludes halogenated alkanes) is 3. The first kappa shape index (κ1) is 18.8. The van der Waals surface area contributed by atoms with Gasteiger partial charge >= 0.3 is 0 Å². The molecule has 0 aliphatic carbocycles. The highest BCUT2D eigenvalue weighted by Crippen LogP contribution is 2.50. The largest absolute Gasteiger partial charge is 0.299 e. The van der Waals surface area contributed by atoms with Gasteiger partial charge in [-0.2, -0.15) is 0 Å². The second kappa shape index (κ2) is 7.55. The van der Waals surface area contributed by atoms with Crippen LogP contribution in [0.25, 0.3) is 0 Å². The molecule has 23 heavy (non-hydrogen) atoms. The van der Waals surface area contributed by atoms with E-state index in [1.165, 1.54) is 63.6 Å². The molecule has 2 aliphatic heterocycles. The van der Waals surface area contributed by atoms with Crippen molar-refractivity contribution in [3.05, 3.63) is 24.3 Å². The lowest BCUT2D eigenvalue weighted by Crippen LogP contribution is -2.58. The van der Waals surface area contributed by atoms with Crippen molar-refractivity contribution in [2.45, 2.75) is 85.6 Å². The number of piperidine rings is 2. The van der Waals surface area contributed by atoms with Crippen molar-refractivity contribution in [3.63, 3.8) is 0 Å². The van der Waals surface area contributed by atoms with E-state index in [0.29, 0.717) is 10.8 Å². The van der Waals surface area contributed by atoms with Crippen LogP contribution in [0.4, 0.5) is 0 Å². The molecule has 0 N–H and O–H groups in total. The van der Waals surface area contributed by atoms with Crippen LogP contribution in [0.3, 0.4) is 0 Å². The summed E-state index contributed by atoms with van der Waals surface area (Å²) >= 11 is 0. The summed E-state index contributed by atoms with van der Waals surface area (Å²) in [5.41, 5.74) is 2.39. The van der Waals surface area contributed by atoms with Crippen LogP contribution < -0.4 is 0 Å². The van der Waals surface area contributed by atoms with Gasteiger partial charge in [-0.3, -0.25) is 4.90 Å². The first-order valence-electron chi connectivity index (χ1n) is 9.80. The smallest absolute Gasteiger partial charge is 0.0138 e. The summed E-state index contributed by atoms with van der Waals surface area (Å²) in [4.78, 5) is 2.80. The van der Waals surface area contributed by atoms with Gasteiger partial charge in [0.15, 0.2) is 0 Å². The highest BCUT2D eigenvalue weighted by Gasteiger charge is 2.47. The molecular weight excluding hydrogens is 278 g/mol. The van der Waals surface area contributed by atoms with E-state index in [2.05, 4.69) is 58.2 Å². The summed E-state index contributed by atoms with van der Waals surface area (Å²) in [6.07, 6.45) is 13.7. The zero-order chi connectivity index (χ0) is 17.1. The molecule has 0 saturated carbocycles. The van der Waals surface area contributed by atoms with Crippen LogP contribution >= 0.6 is 0 Å². The molecule has 1 nitrogen and oxygen atoms in total. The Labute approximate surface area is 145 Å². The highest BCUT2D eigenvalue weighted by atomic mass is 15.2. The molecule has 2 atom stereocenters. The summed E-state index contributed by atoms with van der Waals surface area (Å²) in [6.45, 7) is 18.9. The third-order valence-electron chi connectivity index (χ3n) is 6.88. The Morgan fingerprint density at radius 2 is 1.87 bits per heavy atom. The van der Waals surface area contributed by atoms with E-state index in [0.717, 1.165) is 12.0 Å². The average molecular weight is 318 g/mol. The highest BCUT2D eigenvalue weighted by molar-refractivity contribution is 5.12. The SMILES string of the molecule is C=C1CC2CC(C)(C)C(C)(C)CN2CC1CCCCC/C=C/C. The van der Waals surface area contributed by atoms with Gasteiger partial charge in [0.25, 0.3) is 0 Å². The zero-order valence-electron chi connectivity index (χ0n) is 16.3. The topological polar surface area (TPSA) is 3.24 Å². The molecule has 132 valence electrons. The Kier molecular flexibility index (Phi) is 6.16. The van der Waals surface area contributed by atoms with E-state index in [-0.39, 0.29) is 0 Å². The van der Waals surface area contributed by atoms with Gasteiger partial charge in [0.05, 0.1) is 0 Å². The zero-order valence-corrected chi connectivity index (χ0v) is 16.3. The van der Waals surface area contributed by atoms with E-state index in [4.69, 9.17) is 0 Å². The van der Waals surface area contributed by atoms with Gasteiger partial charge in [0.1, 0.15) is 0 Å². The molecule has 0 aromatic heterocycles. The van der Waals surface area contributed by atoms with Crippen molar-refractivity contribution in [3.8, 4) is 0 Å². The van der Waals surface area contributed by atoms with Gasteiger partial charge in [0.2, 0.25) is 0 Å². The Bertz CT molecular complexity index is 429. The minimum absolute atomic E-state index is 0.416. The monoisotopic (exact) mass is 317 g/mol. The Hall–Kier alpha value is -0.560. The van der Waals surface area contributed by atoms with Crippen molar-refractivity contribution in [1.82, 2.24) is 4.90 Å². The van der Waals surface area contributed by atoms with Gasteiger partial charge in [-0.05, 0) is 55.8 Å². The molecule has 2 fully saturated rings. The van der Waals surface area contributed by atoms with Crippen molar-refractivity contribution >= 4 is 0 Å². The molecule has 0 bridgehead atoms. The third kappa shape index (κ3) is 4.50. The van der Waals surface area contributed by atoms with Crippen LogP contribution in [0, 0.1) is 16.7 Å². The van der Waals surface area contributed by atoms with E-state index in [1.54, 1.807) is 0 Å². The lowest BCUT2D eigenvalue weighted by atomic mass is 9.60. The average Bonchev–Trinajstić information content (AvgIpc) is 2.45. The summed E-state index contributed by atoms with van der Waals surface area (Å²) in [7, 11) is 0. The van der Waals surface area contributed by atoms with Crippen LogP contribution in [-0.2, 0) is 0 Å². The van der Waals surface area contributed by atoms with Gasteiger partial charge in [-0.1, -0.05) is 64.8 Å². The number of allylic oxidation sites excluding steroid dienone is 2. The maximum absolute atomic E-state index is 4.46. The van der Waals surface area contributed by atoms with Crippen LogP contribution in [0.2, 0.25) is 0 Å². The minimum atomic E-state index is 0.416. The molecule has 2 saturated heterocycles. The summed E-state index contributed by atoms with van der Waals surface area (Å²) in [5, 5.41) is 0. The van der Waals surface area contributed by atoms with Crippen LogP contribution in [-0.4, -0.2) is 24.0 Å². The lowest BCUT2D eigenvalue weighted by Gasteiger charge is -2.56. The first-order chi connectivity index (χ1) is 10.8. The third-order valence-corrected chi connectivity index (χ3v) is 6.88. The number of rotatable bonds is 6. The van der Waals surface area contributed by atoms with Crippen molar-refractivity contribution in [2.24, 2.45) is 16.7 Å². The van der Waals surface area contributed by atoms with Gasteiger partial charge in [-0.15, -0.1) is 0 Å². The number of hydrogen-bond acceptors (Lipinski definition) is 1. The minimum Gasteiger partial charge on any atom is -0.299 e. The summed E-state index contributed by atoms with van der Waals surface area (Å²) < 4.78 is 0. The van der Waals surface area contributed by atoms with E-state index < -0.39 is 0 Å². The van der Waals surface area contributed by atoms with Gasteiger partial charge < -0.3 is 0 Å². The fourth-order valence-corrected chi connectivity index (χ4v) is 4.43. The van der Waals surface area contributed by atoms with E-state index in [1.807, 2.05) is 0 Å². The Balaban J connectivity index is 1.84. The molecule has 0 amide bonds. The molecular formula is C22H39N. The second-order valence-electron chi connectivity index (χ2n) is 9.32. The van der Waals surface area contributed by atoms with Crippen LogP contribution in [0.15, 0.2) is 24.3 Å². The predicted molar refractivity (Wildman–Crippen MR) is 103 cm³/mol. The normalized spacial score (nSPS) is 30.6. The molecule has 2 heterocycles. The standard InChI is InChI=1S/C22H39N/c1-7-8-9-10-11-12-13-19-16-23-17-22(5,6)21(3,4)15-20(23)14-18(19)2/h7-8,19-20H,2,9-17H2,1,3-6H3/b8-7+. The van der Waals surface area contributed by atoms with Crippen LogP contribution in [0.5, 0.6) is 0 Å². The number of nitrogens with zero attached hydrogens (tertiary/aromatic N) is 1. The maximum atomic E-state index is 4.46. The lowest BCUT2D eigenvalue weighted by molar-refractivity contribution is -0.0553. The Morgan fingerprint density at radius 1 is 1.13 bits per heavy atom. The van der Waals surface area contributed by atoms with Gasteiger partial charge in [0, 0.05) is 19.1 Å². The molecule has 1 heteroatoms. The molecule has 0 spiro atoms. The number of hydrogen-bond donors (Lipinski definition) is 0. The maximum Gasteiger partial charge on any atom is 0.0138 e. The Morgan fingerprint density at radius 3 is 2.57 bits per heavy atom. The molecule has 2 unspecified atom stereocenters. The van der Waals surface area contributed by atoms with E-state index >= 15 is 0 Å². The summed E-state index contributed by atoms with van der Waals surface area (Å²) in [5.74, 6) is 0.741. The second-order valence-corrected chi connectivity index (χ2v) is 9.32. The van der Waals surface area contributed by atoms with E-state index in [9.17, 15) is 0 Å². The van der Waals surface area contributed by atoms with Crippen molar-refractivity contribution in [1.29, 1.82) is 0 Å². The molecule has 2 aliphatic rings. The fourth-order valence-electron chi connectivity index (χ4n) is 4.43. The number of fused-ring (bicyclic) bond motifs is 1. The fraction of sp³-hybridized carbons (Fsp3) is 0.818. The van der Waals surface area contributed by atoms with Gasteiger partial charge in [-0.25, -0.2) is 0 Å². The first-order valence-corrected chi connectivity index (χ1v) is 9.80. The molecule has 0 aromatic carbocycles. The van der Waals surface area contributed by atoms with Crippen LogP contribution in [0.1, 0.15) is 79.6 Å². The predicted octanol–water partition coefficient (Wildman–Crippen LogP) is 6.22.